The summed E-state index contributed by atoms with van der Waals surface area (Å²) in [5.74, 6) is -0.556. The monoisotopic (exact) mass is 242 g/mol. The van der Waals surface area contributed by atoms with Crippen LogP contribution >= 0.6 is 11.8 Å². The summed E-state index contributed by atoms with van der Waals surface area (Å²) in [6.45, 7) is 1.55. The Balaban J connectivity index is 2.72. The molecular weight excluding hydrogens is 228 g/mol. The fourth-order valence-electron chi connectivity index (χ4n) is 1.18. The average Bonchev–Trinajstić information content (AvgIpc) is 2.26. The van der Waals surface area contributed by atoms with Crippen molar-refractivity contribution in [3.8, 4) is 0 Å². The second kappa shape index (κ2) is 5.89. The lowest BCUT2D eigenvalue weighted by atomic mass is 10.1. The van der Waals surface area contributed by atoms with E-state index in [0.29, 0.717) is 5.75 Å². The van der Waals surface area contributed by atoms with Gasteiger partial charge in [-0.3, -0.25) is 0 Å². The topological polar surface area (TPSA) is 77.8 Å². The van der Waals surface area contributed by atoms with Gasteiger partial charge in [0.2, 0.25) is 0 Å². The van der Waals surface area contributed by atoms with E-state index in [-0.39, 0.29) is 12.2 Å². The Morgan fingerprint density at radius 1 is 1.50 bits per heavy atom. The molecule has 4 nitrogen and oxygen atoms in total. The van der Waals surface area contributed by atoms with E-state index in [1.807, 2.05) is 6.92 Å². The number of aliphatic hydroxyl groups excluding tert-OH is 2. The van der Waals surface area contributed by atoms with E-state index in [9.17, 15) is 9.90 Å². The average molecular weight is 242 g/mol. The Labute approximate surface area is 97.9 Å². The van der Waals surface area contributed by atoms with E-state index in [1.54, 1.807) is 12.1 Å². The third kappa shape index (κ3) is 3.52. The summed E-state index contributed by atoms with van der Waals surface area (Å²) in [5.41, 5.74) is 1.11. The molecule has 88 valence electrons. The first kappa shape index (κ1) is 13.0. The fourth-order valence-corrected chi connectivity index (χ4v) is 2.11. The van der Waals surface area contributed by atoms with Crippen LogP contribution in [-0.4, -0.2) is 39.8 Å². The molecule has 1 atom stereocenters. The van der Waals surface area contributed by atoms with Crippen molar-refractivity contribution in [3.63, 3.8) is 0 Å². The molecule has 0 aliphatic heterocycles. The summed E-state index contributed by atoms with van der Waals surface area (Å²) in [6.07, 6.45) is -0.747. The van der Waals surface area contributed by atoms with Crippen molar-refractivity contribution in [1.29, 1.82) is 0 Å². The van der Waals surface area contributed by atoms with Crippen molar-refractivity contribution in [2.45, 2.75) is 17.9 Å². The highest BCUT2D eigenvalue weighted by molar-refractivity contribution is 7.99. The number of aryl methyl sites for hydroxylation is 1. The van der Waals surface area contributed by atoms with Crippen molar-refractivity contribution in [2.75, 3.05) is 12.4 Å². The van der Waals surface area contributed by atoms with Crippen molar-refractivity contribution in [2.24, 2.45) is 0 Å². The third-order valence-corrected chi connectivity index (χ3v) is 3.38. The van der Waals surface area contributed by atoms with E-state index >= 15 is 0 Å². The van der Waals surface area contributed by atoms with Crippen LogP contribution in [0.3, 0.4) is 0 Å². The fraction of sp³-hybridized carbons (Fsp3) is 0.364. The predicted molar refractivity (Wildman–Crippen MR) is 62.0 cm³/mol. The van der Waals surface area contributed by atoms with Crippen LogP contribution in [-0.2, 0) is 0 Å². The lowest BCUT2D eigenvalue weighted by Gasteiger charge is -2.09. The number of carboxylic acids is 1. The highest BCUT2D eigenvalue weighted by Gasteiger charge is 2.08. The molecule has 5 heteroatoms. The van der Waals surface area contributed by atoms with E-state index in [2.05, 4.69) is 0 Å². The van der Waals surface area contributed by atoms with Crippen molar-refractivity contribution >= 4 is 17.7 Å². The number of hydrogen-bond donors (Lipinski definition) is 3. The van der Waals surface area contributed by atoms with Gasteiger partial charge in [-0.1, -0.05) is 0 Å². The zero-order chi connectivity index (χ0) is 12.1. The number of rotatable bonds is 5. The van der Waals surface area contributed by atoms with Gasteiger partial charge in [-0.05, 0) is 30.7 Å². The molecule has 0 amide bonds. The predicted octanol–water partition coefficient (Wildman–Crippen LogP) is 1.14. The van der Waals surface area contributed by atoms with E-state index < -0.39 is 12.1 Å². The lowest BCUT2D eigenvalue weighted by molar-refractivity contribution is 0.0696. The smallest absolute Gasteiger partial charge is 0.335 e. The molecule has 1 aromatic carbocycles. The maximum atomic E-state index is 10.7. The molecule has 0 radical (unpaired) electrons. The largest absolute Gasteiger partial charge is 0.478 e. The van der Waals surface area contributed by atoms with E-state index in [0.717, 1.165) is 10.5 Å². The molecule has 0 bridgehead atoms. The van der Waals surface area contributed by atoms with Gasteiger partial charge in [0.1, 0.15) is 0 Å². The van der Waals surface area contributed by atoms with Crippen LogP contribution in [0.5, 0.6) is 0 Å². The Morgan fingerprint density at radius 3 is 2.69 bits per heavy atom. The van der Waals surface area contributed by atoms with Crippen LogP contribution in [0.2, 0.25) is 0 Å². The maximum Gasteiger partial charge on any atom is 0.335 e. The first-order chi connectivity index (χ1) is 7.54. The third-order valence-electron chi connectivity index (χ3n) is 2.06. The van der Waals surface area contributed by atoms with Gasteiger partial charge < -0.3 is 15.3 Å². The molecule has 0 spiro atoms. The quantitative estimate of drug-likeness (QED) is 0.675. The van der Waals surface area contributed by atoms with Gasteiger partial charge in [0, 0.05) is 10.6 Å². The van der Waals surface area contributed by atoms with E-state index in [4.69, 9.17) is 10.2 Å². The molecule has 1 unspecified atom stereocenters. The minimum Gasteiger partial charge on any atom is -0.478 e. The van der Waals surface area contributed by atoms with Crippen molar-refractivity contribution in [1.82, 2.24) is 0 Å². The van der Waals surface area contributed by atoms with Gasteiger partial charge in [-0.15, -0.1) is 11.8 Å². The maximum absolute atomic E-state index is 10.7. The number of benzene rings is 1. The molecule has 0 fully saturated rings. The summed E-state index contributed by atoms with van der Waals surface area (Å²) < 4.78 is 0. The zero-order valence-electron chi connectivity index (χ0n) is 8.88. The molecular formula is C11H14O4S. The Bertz CT molecular complexity index is 378. The van der Waals surface area contributed by atoms with Crippen LogP contribution in [0.15, 0.2) is 23.1 Å². The van der Waals surface area contributed by atoms with Gasteiger partial charge in [0.15, 0.2) is 0 Å². The number of hydrogen-bond acceptors (Lipinski definition) is 4. The SMILES string of the molecule is Cc1cc(C(=O)O)ccc1SCC(O)CO. The lowest BCUT2D eigenvalue weighted by Crippen LogP contribution is -2.14. The summed E-state index contributed by atoms with van der Waals surface area (Å²) in [7, 11) is 0. The van der Waals surface area contributed by atoms with Gasteiger partial charge >= 0.3 is 5.97 Å². The second-order valence-electron chi connectivity index (χ2n) is 3.43. The molecule has 0 heterocycles. The Morgan fingerprint density at radius 2 is 2.19 bits per heavy atom. The Kier molecular flexibility index (Phi) is 4.79. The summed E-state index contributed by atoms with van der Waals surface area (Å²) >= 11 is 1.40. The first-order valence-corrected chi connectivity index (χ1v) is 5.79. The highest BCUT2D eigenvalue weighted by Crippen LogP contribution is 2.23. The molecule has 0 saturated heterocycles. The van der Waals surface area contributed by atoms with Crippen LogP contribution in [0.4, 0.5) is 0 Å². The molecule has 16 heavy (non-hydrogen) atoms. The molecule has 0 saturated carbocycles. The van der Waals surface area contributed by atoms with Gasteiger partial charge in [-0.2, -0.15) is 0 Å². The van der Waals surface area contributed by atoms with Gasteiger partial charge in [0.05, 0.1) is 18.3 Å². The van der Waals surface area contributed by atoms with Crippen molar-refractivity contribution in [3.05, 3.63) is 29.3 Å². The molecule has 3 N–H and O–H groups in total. The van der Waals surface area contributed by atoms with Crippen LogP contribution in [0.25, 0.3) is 0 Å². The van der Waals surface area contributed by atoms with Crippen molar-refractivity contribution < 1.29 is 20.1 Å². The normalized spacial score (nSPS) is 12.4. The molecule has 0 aliphatic carbocycles. The van der Waals surface area contributed by atoms with Crippen LogP contribution < -0.4 is 0 Å². The molecule has 1 rings (SSSR count). The summed E-state index contributed by atoms with van der Waals surface area (Å²) in [5, 5.41) is 26.6. The minimum absolute atomic E-state index is 0.254. The number of carboxylic acid groups (broad SMARTS) is 1. The van der Waals surface area contributed by atoms with Gasteiger partial charge in [0.25, 0.3) is 0 Å². The number of carbonyl (C=O) groups is 1. The molecule has 0 aromatic heterocycles. The Hall–Kier alpha value is -1.04. The minimum atomic E-state index is -0.949. The second-order valence-corrected chi connectivity index (χ2v) is 4.49. The molecule has 1 aromatic rings. The molecule has 0 aliphatic rings. The number of thioether (sulfide) groups is 1. The zero-order valence-corrected chi connectivity index (χ0v) is 9.70. The summed E-state index contributed by atoms with van der Waals surface area (Å²) in [6, 6.07) is 4.84. The van der Waals surface area contributed by atoms with Crippen LogP contribution in [0.1, 0.15) is 15.9 Å². The number of aromatic carboxylic acids is 1. The van der Waals surface area contributed by atoms with Gasteiger partial charge in [-0.25, -0.2) is 4.79 Å². The standard InChI is InChI=1S/C11H14O4S/c1-7-4-8(11(14)15)2-3-10(7)16-6-9(13)5-12/h2-4,9,12-13H,5-6H2,1H3,(H,14,15). The van der Waals surface area contributed by atoms with E-state index in [1.165, 1.54) is 17.8 Å². The first-order valence-electron chi connectivity index (χ1n) is 4.80. The highest BCUT2D eigenvalue weighted by atomic mass is 32.2. The summed E-state index contributed by atoms with van der Waals surface area (Å²) in [4.78, 5) is 11.6. The number of aliphatic hydroxyl groups is 2. The van der Waals surface area contributed by atoms with Crippen LogP contribution in [0, 0.1) is 6.92 Å².